The number of hydrazine groups is 1. The highest BCUT2D eigenvalue weighted by Gasteiger charge is 2.26. The van der Waals surface area contributed by atoms with Crippen molar-refractivity contribution in [2.75, 3.05) is 19.0 Å². The highest BCUT2D eigenvalue weighted by atomic mass is 19.1. The highest BCUT2D eigenvalue weighted by Crippen LogP contribution is 2.27. The van der Waals surface area contributed by atoms with Gasteiger partial charge in [0.25, 0.3) is 11.8 Å². The topological polar surface area (TPSA) is 79.3 Å². The Kier molecular flexibility index (Phi) is 5.70. The Hall–Kier alpha value is -3.68. The molecule has 0 spiro atoms. The Morgan fingerprint density at radius 2 is 1.71 bits per heavy atom. The fourth-order valence-corrected chi connectivity index (χ4v) is 3.75. The van der Waals surface area contributed by atoms with Gasteiger partial charge in [-0.3, -0.25) is 20.4 Å². The molecule has 2 amide bonds. The number of hydrogen-bond donors (Lipinski definition) is 2. The molecule has 2 aromatic carbocycles. The highest BCUT2D eigenvalue weighted by molar-refractivity contribution is 5.99. The summed E-state index contributed by atoms with van der Waals surface area (Å²) in [5.41, 5.74) is 9.07. The Bertz CT molecular complexity index is 1120. The second kappa shape index (κ2) is 8.59. The summed E-state index contributed by atoms with van der Waals surface area (Å²) < 4.78 is 15.0. The zero-order valence-electron chi connectivity index (χ0n) is 17.5. The van der Waals surface area contributed by atoms with E-state index in [2.05, 4.69) is 16.0 Å². The van der Waals surface area contributed by atoms with E-state index in [9.17, 15) is 14.0 Å². The Labute approximate surface area is 179 Å². The van der Waals surface area contributed by atoms with E-state index in [1.54, 1.807) is 35.0 Å². The van der Waals surface area contributed by atoms with Crippen LogP contribution in [0.15, 0.2) is 48.5 Å². The normalized spacial score (nSPS) is 12.7. The standard InChI is InChI=1S/C23H24FN5O2/c1-28(2)18-7-5-6-15(14-18)22(30)25-26-23(31)21-19-8-3-4-9-20(19)29(27-21)17-12-10-16(24)11-13-17/h5-7,10-14H,3-4,8-9H2,1-2H3,(H,25,30)(H,26,31). The summed E-state index contributed by atoms with van der Waals surface area (Å²) >= 11 is 0. The van der Waals surface area contributed by atoms with Crippen molar-refractivity contribution in [1.82, 2.24) is 20.6 Å². The number of carbonyl (C=O) groups is 2. The number of aromatic nitrogens is 2. The van der Waals surface area contributed by atoms with E-state index in [4.69, 9.17) is 0 Å². The molecule has 1 aromatic heterocycles. The number of halogens is 1. The molecule has 0 fully saturated rings. The molecule has 4 rings (SSSR count). The van der Waals surface area contributed by atoms with Crippen LogP contribution >= 0.6 is 0 Å². The van der Waals surface area contributed by atoms with Crippen molar-refractivity contribution in [1.29, 1.82) is 0 Å². The number of nitrogens with one attached hydrogen (secondary N) is 2. The molecule has 160 valence electrons. The molecule has 8 heteroatoms. The maximum absolute atomic E-state index is 13.3. The van der Waals surface area contributed by atoms with Crippen LogP contribution in [-0.2, 0) is 12.8 Å². The number of carbonyl (C=O) groups excluding carboxylic acids is 2. The lowest BCUT2D eigenvalue weighted by atomic mass is 9.95. The summed E-state index contributed by atoms with van der Waals surface area (Å²) in [4.78, 5) is 27.2. The first-order chi connectivity index (χ1) is 14.9. The molecule has 3 aromatic rings. The van der Waals surface area contributed by atoms with E-state index in [-0.39, 0.29) is 11.5 Å². The van der Waals surface area contributed by atoms with Gasteiger partial charge in [0.15, 0.2) is 5.69 Å². The predicted octanol–water partition coefficient (Wildman–Crippen LogP) is 3.03. The van der Waals surface area contributed by atoms with Gasteiger partial charge in [-0.25, -0.2) is 9.07 Å². The summed E-state index contributed by atoms with van der Waals surface area (Å²) in [6.07, 6.45) is 3.49. The summed E-state index contributed by atoms with van der Waals surface area (Å²) in [6, 6.07) is 13.1. The van der Waals surface area contributed by atoms with E-state index in [1.165, 1.54) is 12.1 Å². The summed E-state index contributed by atoms with van der Waals surface area (Å²) in [5, 5.41) is 4.50. The summed E-state index contributed by atoms with van der Waals surface area (Å²) in [5.74, 6) is -1.22. The smallest absolute Gasteiger partial charge is 0.290 e. The Morgan fingerprint density at radius 3 is 2.45 bits per heavy atom. The Morgan fingerprint density at radius 1 is 1.00 bits per heavy atom. The van der Waals surface area contributed by atoms with Crippen LogP contribution in [0.3, 0.4) is 0 Å². The molecule has 31 heavy (non-hydrogen) atoms. The van der Waals surface area contributed by atoms with Gasteiger partial charge in [-0.2, -0.15) is 5.10 Å². The van der Waals surface area contributed by atoms with Crippen LogP contribution in [-0.4, -0.2) is 35.7 Å². The second-order valence-electron chi connectivity index (χ2n) is 7.72. The van der Waals surface area contributed by atoms with E-state index < -0.39 is 11.8 Å². The lowest BCUT2D eigenvalue weighted by Crippen LogP contribution is -2.42. The minimum Gasteiger partial charge on any atom is -0.378 e. The molecule has 0 radical (unpaired) electrons. The van der Waals surface area contributed by atoms with Gasteiger partial charge in [0.2, 0.25) is 0 Å². The largest absolute Gasteiger partial charge is 0.378 e. The summed E-state index contributed by atoms with van der Waals surface area (Å²) in [6.45, 7) is 0. The number of fused-ring (bicyclic) bond motifs is 1. The zero-order valence-corrected chi connectivity index (χ0v) is 17.5. The van der Waals surface area contributed by atoms with E-state index in [0.717, 1.165) is 42.6 Å². The van der Waals surface area contributed by atoms with Gasteiger partial charge >= 0.3 is 0 Å². The first-order valence-electron chi connectivity index (χ1n) is 10.2. The van der Waals surface area contributed by atoms with Crippen LogP contribution in [0.1, 0.15) is 44.9 Å². The number of benzene rings is 2. The molecule has 7 nitrogen and oxygen atoms in total. The van der Waals surface area contributed by atoms with Gasteiger partial charge in [0.1, 0.15) is 5.82 Å². The molecule has 0 bridgehead atoms. The second-order valence-corrected chi connectivity index (χ2v) is 7.72. The number of anilines is 1. The summed E-state index contributed by atoms with van der Waals surface area (Å²) in [7, 11) is 3.78. The van der Waals surface area contributed by atoms with Crippen molar-refractivity contribution in [3.8, 4) is 5.69 Å². The molecule has 2 N–H and O–H groups in total. The molecule has 1 aliphatic rings. The van der Waals surface area contributed by atoms with Crippen LogP contribution in [0, 0.1) is 5.82 Å². The molecule has 0 atom stereocenters. The van der Waals surface area contributed by atoms with Gasteiger partial charge in [-0.15, -0.1) is 0 Å². The average molecular weight is 421 g/mol. The van der Waals surface area contributed by atoms with E-state index >= 15 is 0 Å². The van der Waals surface area contributed by atoms with Gasteiger partial charge in [0, 0.05) is 36.6 Å². The van der Waals surface area contributed by atoms with E-state index in [1.807, 2.05) is 25.1 Å². The lowest BCUT2D eigenvalue weighted by molar-refractivity contribution is 0.0843. The zero-order chi connectivity index (χ0) is 22.0. The fraction of sp³-hybridized carbons (Fsp3) is 0.261. The number of rotatable bonds is 4. The SMILES string of the molecule is CN(C)c1cccc(C(=O)NNC(=O)c2nn(-c3ccc(F)cc3)c3c2CCCC3)c1. The van der Waals surface area contributed by atoms with Crippen LogP contribution in [0.5, 0.6) is 0 Å². The van der Waals surface area contributed by atoms with Crippen molar-refractivity contribution >= 4 is 17.5 Å². The van der Waals surface area contributed by atoms with Crippen LogP contribution < -0.4 is 15.8 Å². The van der Waals surface area contributed by atoms with Crippen molar-refractivity contribution in [3.63, 3.8) is 0 Å². The monoisotopic (exact) mass is 421 g/mol. The molecular formula is C23H24FN5O2. The van der Waals surface area contributed by atoms with Gasteiger partial charge in [-0.1, -0.05) is 6.07 Å². The molecular weight excluding hydrogens is 397 g/mol. The minimum atomic E-state index is -0.476. The van der Waals surface area contributed by atoms with Gasteiger partial charge < -0.3 is 4.90 Å². The van der Waals surface area contributed by atoms with Crippen LogP contribution in [0.2, 0.25) is 0 Å². The maximum atomic E-state index is 13.3. The molecule has 1 heterocycles. The van der Waals surface area contributed by atoms with Gasteiger partial charge in [-0.05, 0) is 68.1 Å². The number of nitrogens with zero attached hydrogens (tertiary/aromatic N) is 3. The van der Waals surface area contributed by atoms with E-state index in [0.29, 0.717) is 11.3 Å². The minimum absolute atomic E-state index is 0.279. The molecule has 0 unspecified atom stereocenters. The van der Waals surface area contributed by atoms with Gasteiger partial charge in [0.05, 0.1) is 5.69 Å². The Balaban J connectivity index is 1.54. The third-order valence-electron chi connectivity index (χ3n) is 5.38. The average Bonchev–Trinajstić information content (AvgIpc) is 3.17. The first kappa shape index (κ1) is 20.6. The number of amides is 2. The third kappa shape index (κ3) is 4.28. The third-order valence-corrected chi connectivity index (χ3v) is 5.38. The van der Waals surface area contributed by atoms with Crippen molar-refractivity contribution in [2.24, 2.45) is 0 Å². The van der Waals surface area contributed by atoms with Crippen molar-refractivity contribution in [2.45, 2.75) is 25.7 Å². The quantitative estimate of drug-likeness (QED) is 0.635. The molecule has 1 aliphatic carbocycles. The molecule has 0 saturated heterocycles. The number of hydrogen-bond acceptors (Lipinski definition) is 4. The first-order valence-corrected chi connectivity index (χ1v) is 10.2. The van der Waals surface area contributed by atoms with Crippen LogP contribution in [0.25, 0.3) is 5.69 Å². The fourth-order valence-electron chi connectivity index (χ4n) is 3.75. The lowest BCUT2D eigenvalue weighted by Gasteiger charge is -2.14. The van der Waals surface area contributed by atoms with Crippen molar-refractivity contribution < 1.29 is 14.0 Å². The van der Waals surface area contributed by atoms with Crippen molar-refractivity contribution in [3.05, 3.63) is 76.9 Å². The molecule has 0 saturated carbocycles. The molecule has 0 aliphatic heterocycles. The maximum Gasteiger partial charge on any atom is 0.290 e. The predicted molar refractivity (Wildman–Crippen MR) is 116 cm³/mol. The van der Waals surface area contributed by atoms with Crippen LogP contribution in [0.4, 0.5) is 10.1 Å².